The molecule has 0 atom stereocenters. The van der Waals surface area contributed by atoms with E-state index in [1.54, 1.807) is 17.2 Å². The summed E-state index contributed by atoms with van der Waals surface area (Å²) in [6.45, 7) is 0.961. The van der Waals surface area contributed by atoms with Gasteiger partial charge in [0.1, 0.15) is 5.82 Å². The molecule has 1 aliphatic heterocycles. The maximum atomic E-state index is 11.2. The van der Waals surface area contributed by atoms with Crippen molar-refractivity contribution in [3.63, 3.8) is 0 Å². The second-order valence-electron chi connectivity index (χ2n) is 3.81. The van der Waals surface area contributed by atoms with Crippen molar-refractivity contribution in [1.82, 2.24) is 15.2 Å². The predicted octanol–water partition coefficient (Wildman–Crippen LogP) is -1.17. The largest absolute Gasteiger partial charge is 0.308 e. The van der Waals surface area contributed by atoms with Crippen LogP contribution in [0.4, 0.5) is 5.82 Å². The van der Waals surface area contributed by atoms with Gasteiger partial charge in [-0.3, -0.25) is 19.8 Å². The van der Waals surface area contributed by atoms with Gasteiger partial charge in [0.2, 0.25) is 11.8 Å². The zero-order valence-electron chi connectivity index (χ0n) is 9.14. The number of hydrazine groups is 1. The van der Waals surface area contributed by atoms with Crippen LogP contribution in [0.5, 0.6) is 0 Å². The molecule has 1 aromatic rings. The van der Waals surface area contributed by atoms with E-state index in [0.717, 1.165) is 5.56 Å². The Labute approximate surface area is 98.0 Å². The van der Waals surface area contributed by atoms with Crippen LogP contribution in [-0.4, -0.2) is 34.8 Å². The monoisotopic (exact) mass is 235 g/mol. The Kier molecular flexibility index (Phi) is 3.31. The lowest BCUT2D eigenvalue weighted by Gasteiger charge is -2.24. The highest BCUT2D eigenvalue weighted by atomic mass is 16.2. The number of aromatic nitrogens is 1. The van der Waals surface area contributed by atoms with Gasteiger partial charge in [-0.15, -0.1) is 0 Å². The SMILES string of the molecule is NNc1ccc(CN2CC(=O)NC(=O)C2)cn1. The van der Waals surface area contributed by atoms with E-state index in [-0.39, 0.29) is 24.9 Å². The fraction of sp³-hybridized carbons (Fsp3) is 0.300. The molecule has 0 unspecified atom stereocenters. The Morgan fingerprint density at radius 1 is 1.35 bits per heavy atom. The summed E-state index contributed by atoms with van der Waals surface area (Å²) in [5, 5.41) is 2.25. The zero-order chi connectivity index (χ0) is 12.3. The predicted molar refractivity (Wildman–Crippen MR) is 60.5 cm³/mol. The molecular formula is C10H13N5O2. The second kappa shape index (κ2) is 4.89. The van der Waals surface area contributed by atoms with Gasteiger partial charge in [-0.05, 0) is 11.6 Å². The van der Waals surface area contributed by atoms with Gasteiger partial charge in [0.25, 0.3) is 0 Å². The van der Waals surface area contributed by atoms with Crippen LogP contribution in [0.3, 0.4) is 0 Å². The van der Waals surface area contributed by atoms with Crippen molar-refractivity contribution in [2.75, 3.05) is 18.5 Å². The molecule has 17 heavy (non-hydrogen) atoms. The average molecular weight is 235 g/mol. The molecule has 0 radical (unpaired) electrons. The molecule has 4 N–H and O–H groups in total. The highest BCUT2D eigenvalue weighted by molar-refractivity contribution is 5.99. The van der Waals surface area contributed by atoms with Crippen LogP contribution in [0.2, 0.25) is 0 Å². The van der Waals surface area contributed by atoms with E-state index in [2.05, 4.69) is 15.7 Å². The molecule has 1 aliphatic rings. The average Bonchev–Trinajstić information content (AvgIpc) is 2.28. The first-order valence-corrected chi connectivity index (χ1v) is 5.14. The van der Waals surface area contributed by atoms with Gasteiger partial charge in [0, 0.05) is 12.7 Å². The number of imide groups is 1. The minimum Gasteiger partial charge on any atom is -0.308 e. The fourth-order valence-electron chi connectivity index (χ4n) is 1.67. The topological polar surface area (TPSA) is 100 Å². The molecule has 0 bridgehead atoms. The molecule has 1 fully saturated rings. The van der Waals surface area contributed by atoms with Gasteiger partial charge in [0.15, 0.2) is 0 Å². The Hall–Kier alpha value is -1.99. The number of rotatable bonds is 3. The molecule has 0 aliphatic carbocycles. The summed E-state index contributed by atoms with van der Waals surface area (Å²) in [6, 6.07) is 3.58. The van der Waals surface area contributed by atoms with Gasteiger partial charge in [-0.1, -0.05) is 6.07 Å². The van der Waals surface area contributed by atoms with Crippen LogP contribution in [-0.2, 0) is 16.1 Å². The molecule has 1 aromatic heterocycles. The number of piperazine rings is 1. The number of nitrogen functional groups attached to an aromatic ring is 1. The van der Waals surface area contributed by atoms with E-state index in [4.69, 9.17) is 5.84 Å². The lowest BCUT2D eigenvalue weighted by molar-refractivity contribution is -0.136. The number of hydrogen-bond acceptors (Lipinski definition) is 6. The number of nitrogens with zero attached hydrogens (tertiary/aromatic N) is 2. The van der Waals surface area contributed by atoms with Crippen LogP contribution in [0.15, 0.2) is 18.3 Å². The van der Waals surface area contributed by atoms with Crippen LogP contribution in [0.1, 0.15) is 5.56 Å². The third kappa shape index (κ3) is 2.99. The molecule has 7 heteroatoms. The van der Waals surface area contributed by atoms with Crippen molar-refractivity contribution < 1.29 is 9.59 Å². The third-order valence-electron chi connectivity index (χ3n) is 2.39. The first-order valence-electron chi connectivity index (χ1n) is 5.14. The lowest BCUT2D eigenvalue weighted by atomic mass is 10.2. The van der Waals surface area contributed by atoms with E-state index >= 15 is 0 Å². The van der Waals surface area contributed by atoms with Gasteiger partial charge in [-0.25, -0.2) is 10.8 Å². The minimum atomic E-state index is -0.269. The Morgan fingerprint density at radius 2 is 2.06 bits per heavy atom. The smallest absolute Gasteiger partial charge is 0.240 e. The Balaban J connectivity index is 1.99. The van der Waals surface area contributed by atoms with Crippen molar-refractivity contribution in [2.45, 2.75) is 6.54 Å². The summed E-state index contributed by atoms with van der Waals surface area (Å²) in [4.78, 5) is 28.1. The highest BCUT2D eigenvalue weighted by Gasteiger charge is 2.22. The number of carbonyl (C=O) groups is 2. The lowest BCUT2D eigenvalue weighted by Crippen LogP contribution is -2.50. The first-order chi connectivity index (χ1) is 8.17. The summed E-state index contributed by atoms with van der Waals surface area (Å²) in [7, 11) is 0. The van der Waals surface area contributed by atoms with Crippen LogP contribution >= 0.6 is 0 Å². The fourth-order valence-corrected chi connectivity index (χ4v) is 1.67. The summed E-state index contributed by atoms with van der Waals surface area (Å²) >= 11 is 0. The van der Waals surface area contributed by atoms with Crippen molar-refractivity contribution >= 4 is 17.6 Å². The van der Waals surface area contributed by atoms with E-state index < -0.39 is 0 Å². The molecule has 1 saturated heterocycles. The molecule has 0 aromatic carbocycles. The van der Waals surface area contributed by atoms with Crippen molar-refractivity contribution in [3.05, 3.63) is 23.9 Å². The van der Waals surface area contributed by atoms with Crippen molar-refractivity contribution in [1.29, 1.82) is 0 Å². The van der Waals surface area contributed by atoms with E-state index in [1.165, 1.54) is 0 Å². The Morgan fingerprint density at radius 3 is 2.59 bits per heavy atom. The molecule has 90 valence electrons. The number of anilines is 1. The number of carbonyl (C=O) groups excluding carboxylic acids is 2. The molecule has 2 heterocycles. The summed E-state index contributed by atoms with van der Waals surface area (Å²) < 4.78 is 0. The highest BCUT2D eigenvalue weighted by Crippen LogP contribution is 2.07. The number of nitrogens with two attached hydrogens (primary N) is 1. The Bertz CT molecular complexity index is 415. The summed E-state index contributed by atoms with van der Waals surface area (Å²) in [5.74, 6) is 5.23. The molecule has 2 amide bonds. The van der Waals surface area contributed by atoms with E-state index in [9.17, 15) is 9.59 Å². The number of amides is 2. The van der Waals surface area contributed by atoms with E-state index in [0.29, 0.717) is 12.4 Å². The van der Waals surface area contributed by atoms with Crippen LogP contribution in [0, 0.1) is 0 Å². The van der Waals surface area contributed by atoms with Crippen molar-refractivity contribution in [2.24, 2.45) is 5.84 Å². The van der Waals surface area contributed by atoms with Gasteiger partial charge in [-0.2, -0.15) is 0 Å². The molecular weight excluding hydrogens is 222 g/mol. The van der Waals surface area contributed by atoms with E-state index in [1.807, 2.05) is 6.07 Å². The first kappa shape index (κ1) is 11.5. The van der Waals surface area contributed by atoms with Gasteiger partial charge < -0.3 is 5.43 Å². The normalized spacial score (nSPS) is 16.8. The maximum absolute atomic E-state index is 11.2. The number of pyridine rings is 1. The maximum Gasteiger partial charge on any atom is 0.240 e. The molecule has 0 saturated carbocycles. The minimum absolute atomic E-state index is 0.225. The quantitative estimate of drug-likeness (QED) is 0.346. The van der Waals surface area contributed by atoms with Gasteiger partial charge in [0.05, 0.1) is 13.1 Å². The van der Waals surface area contributed by atoms with Gasteiger partial charge >= 0.3 is 0 Å². The molecule has 7 nitrogen and oxygen atoms in total. The van der Waals surface area contributed by atoms with Crippen LogP contribution < -0.4 is 16.6 Å². The second-order valence-corrected chi connectivity index (χ2v) is 3.81. The van der Waals surface area contributed by atoms with Crippen molar-refractivity contribution in [3.8, 4) is 0 Å². The number of nitrogens with one attached hydrogen (secondary N) is 2. The standard InChI is InChI=1S/C10H13N5O2/c11-14-8-2-1-7(3-12-8)4-15-5-9(16)13-10(17)6-15/h1-3H,4-6,11H2,(H,12,14)(H,13,16,17). The molecule has 0 spiro atoms. The third-order valence-corrected chi connectivity index (χ3v) is 2.39. The number of hydrogen-bond donors (Lipinski definition) is 3. The molecule has 2 rings (SSSR count). The summed E-state index contributed by atoms with van der Waals surface area (Å²) in [5.41, 5.74) is 3.35. The zero-order valence-corrected chi connectivity index (χ0v) is 9.14. The summed E-state index contributed by atoms with van der Waals surface area (Å²) in [6.07, 6.45) is 1.66. The van der Waals surface area contributed by atoms with Crippen LogP contribution in [0.25, 0.3) is 0 Å².